The Balaban J connectivity index is 0.000000335. The number of halogens is 2. The van der Waals surface area contributed by atoms with Gasteiger partial charge in [-0.3, -0.25) is 4.79 Å². The van der Waals surface area contributed by atoms with Crippen LogP contribution in [0.4, 0.5) is 5.69 Å². The van der Waals surface area contributed by atoms with Gasteiger partial charge in [0.15, 0.2) is 0 Å². The van der Waals surface area contributed by atoms with E-state index in [2.05, 4.69) is 36.5 Å². The molecule has 1 aliphatic carbocycles. The van der Waals surface area contributed by atoms with Crippen LogP contribution in [0.3, 0.4) is 0 Å². The Kier molecular flexibility index (Phi) is 11.3. The molecule has 3 nitrogen and oxygen atoms in total. The number of carbonyl (C=O) groups excluding carboxylic acids is 1. The van der Waals surface area contributed by atoms with Crippen LogP contribution in [0.15, 0.2) is 54.6 Å². The Morgan fingerprint density at radius 1 is 1.03 bits per heavy atom. The van der Waals surface area contributed by atoms with Crippen LogP contribution in [0.25, 0.3) is 0 Å². The number of anilines is 1. The van der Waals surface area contributed by atoms with Crippen molar-refractivity contribution < 1.29 is 4.79 Å². The maximum absolute atomic E-state index is 12.7. The molecule has 1 aliphatic rings. The van der Waals surface area contributed by atoms with E-state index < -0.39 is 0 Å². The molecule has 3 rings (SSSR count). The molecule has 2 unspecified atom stereocenters. The fraction of sp³-hybridized carbons (Fsp3) is 0.480. The zero-order valence-corrected chi connectivity index (χ0v) is 19.6. The van der Waals surface area contributed by atoms with Crippen LogP contribution in [0, 0.1) is 0 Å². The van der Waals surface area contributed by atoms with E-state index in [1.807, 2.05) is 42.3 Å². The molecule has 0 aromatic heterocycles. The van der Waals surface area contributed by atoms with E-state index in [1.54, 1.807) is 0 Å². The largest absolute Gasteiger partial charge is 0.315 e. The van der Waals surface area contributed by atoms with Crippen LogP contribution in [-0.2, 0) is 11.2 Å². The summed E-state index contributed by atoms with van der Waals surface area (Å²) in [5.41, 5.74) is 2.32. The lowest BCUT2D eigenvalue weighted by molar-refractivity contribution is -0.118. The predicted molar refractivity (Wildman–Crippen MR) is 130 cm³/mol. The average Bonchev–Trinajstić information content (AvgIpc) is 3.02. The summed E-state index contributed by atoms with van der Waals surface area (Å²) in [6, 6.07) is 18.5. The van der Waals surface area contributed by atoms with E-state index in [0.29, 0.717) is 23.4 Å². The van der Waals surface area contributed by atoms with Crippen LogP contribution in [0.5, 0.6) is 0 Å². The van der Waals surface area contributed by atoms with Gasteiger partial charge in [-0.15, -0.1) is 11.6 Å². The van der Waals surface area contributed by atoms with Crippen molar-refractivity contribution in [2.45, 2.75) is 64.0 Å². The Bertz CT molecular complexity index is 737. The zero-order chi connectivity index (χ0) is 21.8. The highest BCUT2D eigenvalue weighted by Crippen LogP contribution is 2.28. The molecule has 30 heavy (non-hydrogen) atoms. The summed E-state index contributed by atoms with van der Waals surface area (Å²) in [6.45, 7) is 2.16. The molecular weight excluding hydrogens is 415 g/mol. The summed E-state index contributed by atoms with van der Waals surface area (Å²) < 4.78 is 0. The maximum Gasteiger partial charge on any atom is 0.228 e. The van der Waals surface area contributed by atoms with Gasteiger partial charge in [0.1, 0.15) is 0 Å². The van der Waals surface area contributed by atoms with Crippen molar-refractivity contribution >= 4 is 34.8 Å². The van der Waals surface area contributed by atoms with Crippen molar-refractivity contribution in [3.05, 3.63) is 65.2 Å². The molecule has 2 aromatic rings. The second-order valence-electron chi connectivity index (χ2n) is 7.62. The topological polar surface area (TPSA) is 32.3 Å². The van der Waals surface area contributed by atoms with E-state index >= 15 is 0 Å². The van der Waals surface area contributed by atoms with Crippen molar-refractivity contribution in [1.29, 1.82) is 0 Å². The van der Waals surface area contributed by atoms with E-state index in [4.69, 9.17) is 23.2 Å². The first-order chi connectivity index (χ1) is 14.6. The lowest BCUT2D eigenvalue weighted by Gasteiger charge is -2.36. The highest BCUT2D eigenvalue weighted by atomic mass is 35.5. The summed E-state index contributed by atoms with van der Waals surface area (Å²) in [7, 11) is 1.98. The molecule has 2 aromatic carbocycles. The van der Waals surface area contributed by atoms with Crippen LogP contribution in [0.2, 0.25) is 5.02 Å². The van der Waals surface area contributed by atoms with E-state index in [9.17, 15) is 4.79 Å². The molecule has 1 N–H and O–H groups in total. The standard InChI is InChI=1S/C17H24Cl2N2O.C8H10/c1-20-15-5-3-2-4-6-16(15)21(17(22)11-12-18)14-9-7-13(19)8-10-14;1-2-8-6-4-3-5-7-8/h7-10,15-16,20H,2-6,11-12H2,1H3;3-7H,2H2,1H3. The van der Waals surface area contributed by atoms with Crippen molar-refractivity contribution in [2.24, 2.45) is 0 Å². The number of nitrogens with zero attached hydrogens (tertiary/aromatic N) is 1. The molecular formula is C25H34Cl2N2O. The lowest BCUT2D eigenvalue weighted by atomic mass is 10.00. The first-order valence-electron chi connectivity index (χ1n) is 11.0. The molecule has 164 valence electrons. The second-order valence-corrected chi connectivity index (χ2v) is 8.43. The number of amides is 1. The van der Waals surface area contributed by atoms with Crippen LogP contribution >= 0.6 is 23.2 Å². The van der Waals surface area contributed by atoms with E-state index in [1.165, 1.54) is 18.4 Å². The smallest absolute Gasteiger partial charge is 0.228 e. The zero-order valence-electron chi connectivity index (χ0n) is 18.1. The number of hydrogen-bond acceptors (Lipinski definition) is 2. The summed E-state index contributed by atoms with van der Waals surface area (Å²) in [4.78, 5) is 14.6. The van der Waals surface area contributed by atoms with Crippen molar-refractivity contribution in [3.63, 3.8) is 0 Å². The summed E-state index contributed by atoms with van der Waals surface area (Å²) >= 11 is 11.8. The number of carbonyl (C=O) groups is 1. The highest BCUT2D eigenvalue weighted by Gasteiger charge is 2.31. The van der Waals surface area contributed by atoms with Gasteiger partial charge < -0.3 is 10.2 Å². The van der Waals surface area contributed by atoms with Crippen LogP contribution in [0.1, 0.15) is 51.0 Å². The Morgan fingerprint density at radius 3 is 2.27 bits per heavy atom. The van der Waals surface area contributed by atoms with Gasteiger partial charge in [0, 0.05) is 29.1 Å². The first kappa shape index (κ1) is 24.7. The van der Waals surface area contributed by atoms with Crippen molar-refractivity contribution in [1.82, 2.24) is 5.32 Å². The third-order valence-corrected chi connectivity index (χ3v) is 6.06. The van der Waals surface area contributed by atoms with Crippen LogP contribution in [-0.4, -0.2) is 30.9 Å². The molecule has 0 bridgehead atoms. The number of aryl methyl sites for hydroxylation is 1. The van der Waals surface area contributed by atoms with Gasteiger partial charge >= 0.3 is 0 Å². The average molecular weight is 449 g/mol. The fourth-order valence-electron chi connectivity index (χ4n) is 3.97. The Morgan fingerprint density at radius 2 is 1.70 bits per heavy atom. The van der Waals surface area contributed by atoms with Gasteiger partial charge in [0.25, 0.3) is 0 Å². The summed E-state index contributed by atoms with van der Waals surface area (Å²) in [6.07, 6.45) is 7.20. The second kappa shape index (κ2) is 13.7. The monoisotopic (exact) mass is 448 g/mol. The quantitative estimate of drug-likeness (QED) is 0.405. The van der Waals surface area contributed by atoms with Gasteiger partial charge in [-0.05, 0) is 56.1 Å². The molecule has 5 heteroatoms. The maximum atomic E-state index is 12.7. The third-order valence-electron chi connectivity index (χ3n) is 5.61. The minimum Gasteiger partial charge on any atom is -0.315 e. The SMILES string of the molecule is CCc1ccccc1.CNC1CCCCCC1N(C(=O)CCCl)c1ccc(Cl)cc1. The normalized spacial score (nSPS) is 18.7. The minimum absolute atomic E-state index is 0.0875. The lowest BCUT2D eigenvalue weighted by Crippen LogP contribution is -2.51. The first-order valence-corrected chi connectivity index (χ1v) is 11.9. The molecule has 0 heterocycles. The molecule has 0 aliphatic heterocycles. The highest BCUT2D eigenvalue weighted by molar-refractivity contribution is 6.30. The van der Waals surface area contributed by atoms with Gasteiger partial charge in [0.2, 0.25) is 5.91 Å². The van der Waals surface area contributed by atoms with Gasteiger partial charge in [0.05, 0.1) is 6.04 Å². The number of benzene rings is 2. The summed E-state index contributed by atoms with van der Waals surface area (Å²) in [5, 5.41) is 4.08. The van der Waals surface area contributed by atoms with Gasteiger partial charge in [-0.2, -0.15) is 0 Å². The predicted octanol–water partition coefficient (Wildman–Crippen LogP) is 6.47. The molecule has 0 spiro atoms. The van der Waals surface area contributed by atoms with E-state index in [-0.39, 0.29) is 11.9 Å². The Labute approximate surface area is 191 Å². The van der Waals surface area contributed by atoms with Crippen molar-refractivity contribution in [2.75, 3.05) is 17.8 Å². The number of alkyl halides is 1. The van der Waals surface area contributed by atoms with E-state index in [0.717, 1.165) is 31.4 Å². The Hall–Kier alpha value is -1.55. The fourth-order valence-corrected chi connectivity index (χ4v) is 4.26. The van der Waals surface area contributed by atoms with Gasteiger partial charge in [-0.25, -0.2) is 0 Å². The third kappa shape index (κ3) is 7.61. The molecule has 1 fully saturated rings. The number of likely N-dealkylation sites (N-methyl/N-ethyl adjacent to an activating group) is 1. The molecule has 1 saturated carbocycles. The number of hydrogen-bond donors (Lipinski definition) is 1. The number of nitrogens with one attached hydrogen (secondary N) is 1. The molecule has 2 atom stereocenters. The molecule has 1 amide bonds. The molecule has 0 radical (unpaired) electrons. The van der Waals surface area contributed by atoms with Crippen molar-refractivity contribution in [3.8, 4) is 0 Å². The molecule has 0 saturated heterocycles. The minimum atomic E-state index is 0.0875. The van der Waals surface area contributed by atoms with Crippen LogP contribution < -0.4 is 10.2 Å². The summed E-state index contributed by atoms with van der Waals surface area (Å²) in [5.74, 6) is 0.435. The number of rotatable bonds is 6. The van der Waals surface area contributed by atoms with Gasteiger partial charge in [-0.1, -0.05) is 68.1 Å².